The van der Waals surface area contributed by atoms with E-state index in [1.165, 1.54) is 6.07 Å². The molecule has 0 atom stereocenters. The van der Waals surface area contributed by atoms with Crippen molar-refractivity contribution in [2.24, 2.45) is 0 Å². The number of aromatic nitrogens is 3. The van der Waals surface area contributed by atoms with E-state index in [-0.39, 0.29) is 17.8 Å². The summed E-state index contributed by atoms with van der Waals surface area (Å²) in [6.45, 7) is 2.25. The van der Waals surface area contributed by atoms with E-state index in [0.29, 0.717) is 23.6 Å². The molecule has 1 aromatic carbocycles. The van der Waals surface area contributed by atoms with Crippen molar-refractivity contribution in [3.63, 3.8) is 0 Å². The number of rotatable bonds is 3. The predicted octanol–water partition coefficient (Wildman–Crippen LogP) is 3.15. The summed E-state index contributed by atoms with van der Waals surface area (Å²) in [7, 11) is 0. The molecule has 8 heteroatoms. The number of amides is 1. The summed E-state index contributed by atoms with van der Waals surface area (Å²) in [5.74, 6) is -1.30. The van der Waals surface area contributed by atoms with E-state index < -0.39 is 17.5 Å². The highest BCUT2D eigenvalue weighted by molar-refractivity contribution is 5.92. The fraction of sp³-hybridized carbons (Fsp3) is 0.350. The lowest BCUT2D eigenvalue weighted by molar-refractivity contribution is -0.116. The molecular weight excluding hydrogens is 366 g/mol. The Morgan fingerprint density at radius 1 is 1.21 bits per heavy atom. The van der Waals surface area contributed by atoms with Crippen LogP contribution in [0.3, 0.4) is 0 Å². The molecular formula is C20H20F2N4O2. The number of fused-ring (bicyclic) bond motifs is 2. The zero-order valence-electron chi connectivity index (χ0n) is 15.5. The molecule has 6 nitrogen and oxygen atoms in total. The molecule has 0 saturated heterocycles. The van der Waals surface area contributed by atoms with Gasteiger partial charge in [0, 0.05) is 24.7 Å². The Labute approximate surface area is 159 Å². The van der Waals surface area contributed by atoms with Crippen molar-refractivity contribution in [1.29, 1.82) is 0 Å². The maximum Gasteiger partial charge on any atom is 0.278 e. The van der Waals surface area contributed by atoms with Crippen LogP contribution in [-0.2, 0) is 24.3 Å². The van der Waals surface area contributed by atoms with E-state index in [1.807, 2.05) is 0 Å². The Kier molecular flexibility index (Phi) is 4.70. The van der Waals surface area contributed by atoms with Crippen LogP contribution >= 0.6 is 0 Å². The Morgan fingerprint density at radius 2 is 2.04 bits per heavy atom. The number of benzene rings is 1. The van der Waals surface area contributed by atoms with Gasteiger partial charge in [-0.3, -0.25) is 14.2 Å². The minimum atomic E-state index is -0.852. The Morgan fingerprint density at radius 3 is 2.82 bits per heavy atom. The standard InChI is InChI=1S/C20H20F2N4O2/c1-12-9-16-19(20(28)25-8-4-2-3-5-17(25)23-16)26(12)11-18(27)24-15-7-6-13(21)10-14(15)22/h6-7,9-10H,2-5,8,11H2,1H3,(H,24,27). The van der Waals surface area contributed by atoms with Crippen LogP contribution in [0, 0.1) is 18.6 Å². The van der Waals surface area contributed by atoms with Crippen molar-refractivity contribution in [3.05, 3.63) is 57.8 Å². The average molecular weight is 386 g/mol. The molecule has 0 radical (unpaired) electrons. The van der Waals surface area contributed by atoms with Gasteiger partial charge in [0.25, 0.3) is 5.56 Å². The van der Waals surface area contributed by atoms with Crippen LogP contribution in [0.5, 0.6) is 0 Å². The summed E-state index contributed by atoms with van der Waals surface area (Å²) in [6.07, 6.45) is 3.74. The van der Waals surface area contributed by atoms with Gasteiger partial charge in [-0.15, -0.1) is 0 Å². The third-order valence-electron chi connectivity index (χ3n) is 5.08. The van der Waals surface area contributed by atoms with Gasteiger partial charge in [0.05, 0.1) is 11.2 Å². The first-order chi connectivity index (χ1) is 13.4. The molecule has 1 aliphatic heterocycles. The van der Waals surface area contributed by atoms with Crippen LogP contribution in [0.15, 0.2) is 29.1 Å². The predicted molar refractivity (Wildman–Crippen MR) is 101 cm³/mol. The van der Waals surface area contributed by atoms with Crippen LogP contribution in [0.4, 0.5) is 14.5 Å². The molecule has 3 aromatic rings. The average Bonchev–Trinajstić information content (AvgIpc) is 2.81. The molecule has 4 rings (SSSR count). The number of nitrogens with one attached hydrogen (secondary N) is 1. The molecule has 0 fully saturated rings. The molecule has 1 amide bonds. The van der Waals surface area contributed by atoms with Gasteiger partial charge in [-0.25, -0.2) is 13.8 Å². The highest BCUT2D eigenvalue weighted by atomic mass is 19.1. The number of carbonyl (C=O) groups excluding carboxylic acids is 1. The van der Waals surface area contributed by atoms with Crippen molar-refractivity contribution in [3.8, 4) is 0 Å². The lowest BCUT2D eigenvalue weighted by Gasteiger charge is -2.12. The minimum absolute atomic E-state index is 0.107. The quantitative estimate of drug-likeness (QED) is 0.752. The molecule has 0 bridgehead atoms. The van der Waals surface area contributed by atoms with Crippen LogP contribution in [-0.4, -0.2) is 20.0 Å². The van der Waals surface area contributed by atoms with Crippen molar-refractivity contribution in [2.75, 3.05) is 5.32 Å². The van der Waals surface area contributed by atoms with Gasteiger partial charge >= 0.3 is 0 Å². The first-order valence-electron chi connectivity index (χ1n) is 9.28. The topological polar surface area (TPSA) is 68.9 Å². The SMILES string of the molecule is Cc1cc2nc3n(c(=O)c2n1CC(=O)Nc1ccc(F)cc1F)CCCCC3. The van der Waals surface area contributed by atoms with Gasteiger partial charge in [-0.2, -0.15) is 0 Å². The Balaban J connectivity index is 1.68. The number of aryl methyl sites for hydroxylation is 2. The molecule has 146 valence electrons. The second kappa shape index (κ2) is 7.18. The number of halogens is 2. The number of hydrogen-bond acceptors (Lipinski definition) is 3. The normalized spacial score (nSPS) is 14.0. The van der Waals surface area contributed by atoms with Gasteiger partial charge in [0.2, 0.25) is 5.91 Å². The van der Waals surface area contributed by atoms with Crippen LogP contribution < -0.4 is 10.9 Å². The molecule has 2 aromatic heterocycles. The van der Waals surface area contributed by atoms with E-state index in [2.05, 4.69) is 10.3 Å². The molecule has 0 spiro atoms. The molecule has 0 aliphatic carbocycles. The number of hydrogen-bond donors (Lipinski definition) is 1. The first-order valence-corrected chi connectivity index (χ1v) is 9.28. The lowest BCUT2D eigenvalue weighted by atomic mass is 10.2. The largest absolute Gasteiger partial charge is 0.330 e. The Hall–Kier alpha value is -3.03. The van der Waals surface area contributed by atoms with Gasteiger partial charge < -0.3 is 9.88 Å². The van der Waals surface area contributed by atoms with Crippen LogP contribution in [0.25, 0.3) is 11.0 Å². The summed E-state index contributed by atoms with van der Waals surface area (Å²) in [5.41, 5.74) is 1.39. The molecule has 0 unspecified atom stereocenters. The first kappa shape index (κ1) is 18.3. The van der Waals surface area contributed by atoms with Gasteiger partial charge in [-0.05, 0) is 38.0 Å². The van der Waals surface area contributed by atoms with E-state index in [9.17, 15) is 18.4 Å². The number of anilines is 1. The van der Waals surface area contributed by atoms with E-state index in [1.54, 1.807) is 22.1 Å². The van der Waals surface area contributed by atoms with Gasteiger partial charge in [0.1, 0.15) is 29.5 Å². The zero-order valence-corrected chi connectivity index (χ0v) is 15.5. The van der Waals surface area contributed by atoms with E-state index in [0.717, 1.165) is 43.3 Å². The second-order valence-corrected chi connectivity index (χ2v) is 7.07. The monoisotopic (exact) mass is 386 g/mol. The van der Waals surface area contributed by atoms with Crippen molar-refractivity contribution in [1.82, 2.24) is 14.1 Å². The van der Waals surface area contributed by atoms with Crippen molar-refractivity contribution in [2.45, 2.75) is 45.7 Å². The molecule has 0 saturated carbocycles. The van der Waals surface area contributed by atoms with Crippen LogP contribution in [0.2, 0.25) is 0 Å². The van der Waals surface area contributed by atoms with E-state index >= 15 is 0 Å². The molecule has 28 heavy (non-hydrogen) atoms. The third kappa shape index (κ3) is 3.30. The highest BCUT2D eigenvalue weighted by Crippen LogP contribution is 2.19. The molecule has 3 heterocycles. The number of nitrogens with zero attached hydrogens (tertiary/aromatic N) is 3. The summed E-state index contributed by atoms with van der Waals surface area (Å²) < 4.78 is 30.1. The zero-order chi connectivity index (χ0) is 19.8. The highest BCUT2D eigenvalue weighted by Gasteiger charge is 2.19. The smallest absolute Gasteiger partial charge is 0.278 e. The third-order valence-corrected chi connectivity index (χ3v) is 5.08. The van der Waals surface area contributed by atoms with Gasteiger partial charge in [0.15, 0.2) is 0 Å². The maximum absolute atomic E-state index is 13.8. The lowest BCUT2D eigenvalue weighted by Crippen LogP contribution is -2.28. The fourth-order valence-electron chi connectivity index (χ4n) is 3.69. The molecule has 1 aliphatic rings. The number of carbonyl (C=O) groups is 1. The molecule has 1 N–H and O–H groups in total. The van der Waals surface area contributed by atoms with Crippen molar-refractivity contribution >= 4 is 22.6 Å². The summed E-state index contributed by atoms with van der Waals surface area (Å²) >= 11 is 0. The minimum Gasteiger partial charge on any atom is -0.330 e. The van der Waals surface area contributed by atoms with E-state index in [4.69, 9.17) is 0 Å². The Bertz CT molecular complexity index is 1130. The summed E-state index contributed by atoms with van der Waals surface area (Å²) in [6, 6.07) is 4.73. The van der Waals surface area contributed by atoms with Gasteiger partial charge in [-0.1, -0.05) is 6.42 Å². The van der Waals surface area contributed by atoms with Crippen LogP contribution in [0.1, 0.15) is 30.8 Å². The second-order valence-electron chi connectivity index (χ2n) is 7.07. The summed E-state index contributed by atoms with van der Waals surface area (Å²) in [5, 5.41) is 2.43. The van der Waals surface area contributed by atoms with Crippen molar-refractivity contribution < 1.29 is 13.6 Å². The fourth-order valence-corrected chi connectivity index (χ4v) is 3.69. The maximum atomic E-state index is 13.8. The summed E-state index contributed by atoms with van der Waals surface area (Å²) in [4.78, 5) is 30.1.